The van der Waals surface area contributed by atoms with Gasteiger partial charge in [0.25, 0.3) is 5.56 Å². The minimum atomic E-state index is -0.157. The van der Waals surface area contributed by atoms with Gasteiger partial charge >= 0.3 is 0 Å². The molecule has 0 fully saturated rings. The summed E-state index contributed by atoms with van der Waals surface area (Å²) >= 11 is 0. The van der Waals surface area contributed by atoms with E-state index in [2.05, 4.69) is 147 Å². The van der Waals surface area contributed by atoms with Crippen molar-refractivity contribution in [2.45, 2.75) is 19.3 Å². The smallest absolute Gasteiger partial charge is 0.263 e. The van der Waals surface area contributed by atoms with Crippen LogP contribution in [-0.2, 0) is 5.41 Å². The minimum absolute atomic E-state index is 0.00275. The van der Waals surface area contributed by atoms with Gasteiger partial charge in [-0.05, 0) is 114 Å². The van der Waals surface area contributed by atoms with Crippen LogP contribution >= 0.6 is 0 Å². The lowest BCUT2D eigenvalue weighted by Crippen LogP contribution is -2.20. The lowest BCUT2D eigenvalue weighted by Gasteiger charge is -2.22. The van der Waals surface area contributed by atoms with E-state index in [1.165, 1.54) is 60.1 Å². The van der Waals surface area contributed by atoms with Gasteiger partial charge in [-0.3, -0.25) is 9.36 Å². The van der Waals surface area contributed by atoms with Crippen molar-refractivity contribution in [1.82, 2.24) is 4.57 Å². The Labute approximate surface area is 278 Å². The number of pyridine rings is 1. The minimum Gasteiger partial charge on any atom is -0.276 e. The lowest BCUT2D eigenvalue weighted by atomic mass is 9.82. The zero-order chi connectivity index (χ0) is 32.1. The molecule has 10 rings (SSSR count). The SMILES string of the molecule is CC1(C)c2ccccc2-c2ccc(-n3c(=O)c4ccccc4c4cc(-c5cccc6c5ccc5cc7ccccc7cc56)ccc43)cc21. The maximum Gasteiger partial charge on any atom is 0.263 e. The third kappa shape index (κ3) is 3.72. The first-order valence-corrected chi connectivity index (χ1v) is 16.6. The normalized spacial score (nSPS) is 13.5. The van der Waals surface area contributed by atoms with Crippen molar-refractivity contribution in [3.8, 4) is 27.9 Å². The van der Waals surface area contributed by atoms with Crippen LogP contribution in [-0.4, -0.2) is 4.57 Å². The molecular weight excluding hydrogens is 583 g/mol. The van der Waals surface area contributed by atoms with Crippen LogP contribution in [0.2, 0.25) is 0 Å². The van der Waals surface area contributed by atoms with Crippen molar-refractivity contribution < 1.29 is 0 Å². The van der Waals surface area contributed by atoms with Crippen LogP contribution in [0.1, 0.15) is 25.0 Å². The van der Waals surface area contributed by atoms with Crippen molar-refractivity contribution in [1.29, 1.82) is 0 Å². The molecule has 2 nitrogen and oxygen atoms in total. The Morgan fingerprint density at radius 2 is 1.12 bits per heavy atom. The molecule has 0 amide bonds. The molecule has 0 saturated heterocycles. The van der Waals surface area contributed by atoms with Gasteiger partial charge < -0.3 is 0 Å². The molecule has 0 radical (unpaired) electrons. The summed E-state index contributed by atoms with van der Waals surface area (Å²) in [4.78, 5) is 14.3. The molecule has 1 heterocycles. The number of benzene rings is 8. The summed E-state index contributed by atoms with van der Waals surface area (Å²) in [5.74, 6) is 0. The molecule has 0 atom stereocenters. The highest BCUT2D eigenvalue weighted by Gasteiger charge is 2.35. The molecular formula is C46H31NO. The molecule has 2 heteroatoms. The molecule has 0 unspecified atom stereocenters. The Morgan fingerprint density at radius 3 is 2.00 bits per heavy atom. The first-order valence-electron chi connectivity index (χ1n) is 16.6. The fourth-order valence-corrected chi connectivity index (χ4v) is 8.37. The first kappa shape index (κ1) is 27.2. The Kier molecular flexibility index (Phi) is 5.52. The maximum atomic E-state index is 14.3. The highest BCUT2D eigenvalue weighted by atomic mass is 16.1. The van der Waals surface area contributed by atoms with Crippen molar-refractivity contribution in [3.05, 3.63) is 173 Å². The van der Waals surface area contributed by atoms with Gasteiger partial charge in [0, 0.05) is 21.9 Å². The fourth-order valence-electron chi connectivity index (χ4n) is 8.37. The van der Waals surface area contributed by atoms with Crippen LogP contribution in [0.3, 0.4) is 0 Å². The number of nitrogens with zero attached hydrogens (tertiary/aromatic N) is 1. The topological polar surface area (TPSA) is 22.0 Å². The van der Waals surface area contributed by atoms with Gasteiger partial charge in [-0.2, -0.15) is 0 Å². The highest BCUT2D eigenvalue weighted by molar-refractivity contribution is 6.16. The van der Waals surface area contributed by atoms with E-state index >= 15 is 0 Å². The average Bonchev–Trinajstić information content (AvgIpc) is 3.36. The van der Waals surface area contributed by atoms with Crippen molar-refractivity contribution >= 4 is 54.0 Å². The van der Waals surface area contributed by atoms with Crippen LogP contribution in [0.4, 0.5) is 0 Å². The number of hydrogen-bond donors (Lipinski definition) is 0. The Bertz CT molecular complexity index is 2890. The number of aromatic nitrogens is 1. The van der Waals surface area contributed by atoms with E-state index in [1.807, 2.05) is 22.8 Å². The molecule has 48 heavy (non-hydrogen) atoms. The number of fused-ring (bicyclic) bond motifs is 10. The molecule has 1 aliphatic carbocycles. The summed E-state index contributed by atoms with van der Waals surface area (Å²) in [6, 6.07) is 54.1. The van der Waals surface area contributed by atoms with Crippen LogP contribution in [0, 0.1) is 0 Å². The summed E-state index contributed by atoms with van der Waals surface area (Å²) in [5.41, 5.74) is 9.07. The maximum absolute atomic E-state index is 14.3. The Morgan fingerprint density at radius 1 is 0.438 bits per heavy atom. The van der Waals surface area contributed by atoms with Gasteiger partial charge in [-0.15, -0.1) is 0 Å². The summed E-state index contributed by atoms with van der Waals surface area (Å²) in [7, 11) is 0. The average molecular weight is 614 g/mol. The molecule has 0 N–H and O–H groups in total. The summed E-state index contributed by atoms with van der Waals surface area (Å²) in [6.45, 7) is 4.57. The predicted molar refractivity (Wildman–Crippen MR) is 203 cm³/mol. The van der Waals surface area contributed by atoms with E-state index < -0.39 is 0 Å². The van der Waals surface area contributed by atoms with E-state index in [1.54, 1.807) is 0 Å². The highest BCUT2D eigenvalue weighted by Crippen LogP contribution is 2.49. The monoisotopic (exact) mass is 613 g/mol. The van der Waals surface area contributed by atoms with Crippen LogP contribution in [0.5, 0.6) is 0 Å². The van der Waals surface area contributed by atoms with Crippen LogP contribution in [0.25, 0.3) is 81.9 Å². The van der Waals surface area contributed by atoms with E-state index in [9.17, 15) is 4.79 Å². The largest absolute Gasteiger partial charge is 0.276 e. The summed E-state index contributed by atoms with van der Waals surface area (Å²) in [6.07, 6.45) is 0. The molecule has 0 aliphatic heterocycles. The first-order chi connectivity index (χ1) is 23.5. The van der Waals surface area contributed by atoms with E-state index in [-0.39, 0.29) is 11.0 Å². The fraction of sp³-hybridized carbons (Fsp3) is 0.0652. The third-order valence-electron chi connectivity index (χ3n) is 10.8. The lowest BCUT2D eigenvalue weighted by molar-refractivity contribution is 0.659. The van der Waals surface area contributed by atoms with Crippen molar-refractivity contribution in [2.24, 2.45) is 0 Å². The second kappa shape index (κ2) is 9.76. The molecule has 1 aromatic heterocycles. The quantitative estimate of drug-likeness (QED) is 0.140. The molecule has 226 valence electrons. The zero-order valence-corrected chi connectivity index (χ0v) is 26.8. The third-order valence-corrected chi connectivity index (χ3v) is 10.8. The van der Waals surface area contributed by atoms with Gasteiger partial charge in [0.15, 0.2) is 0 Å². The van der Waals surface area contributed by atoms with Crippen LogP contribution < -0.4 is 5.56 Å². The van der Waals surface area contributed by atoms with Gasteiger partial charge in [-0.25, -0.2) is 0 Å². The van der Waals surface area contributed by atoms with E-state index in [4.69, 9.17) is 0 Å². The van der Waals surface area contributed by atoms with Crippen molar-refractivity contribution in [3.63, 3.8) is 0 Å². The van der Waals surface area contributed by atoms with Crippen LogP contribution in [0.15, 0.2) is 156 Å². The Hall–Kier alpha value is -5.99. The van der Waals surface area contributed by atoms with Gasteiger partial charge in [0.1, 0.15) is 0 Å². The standard InChI is InChI=1S/C46H31NO/c1-46(2)42-17-8-7-13-37(42)38-22-20-32(27-43(38)46)47-44-23-19-31(26-41(44)35-12-5-6-14-39(35)45(47)48)33-15-9-16-34-36(33)21-18-30-24-28-10-3-4-11-29(28)25-40(30)34/h3-27H,1-2H3. The van der Waals surface area contributed by atoms with E-state index in [0.29, 0.717) is 0 Å². The molecule has 0 spiro atoms. The van der Waals surface area contributed by atoms with Crippen molar-refractivity contribution in [2.75, 3.05) is 0 Å². The molecule has 0 saturated carbocycles. The molecule has 1 aliphatic rings. The number of rotatable bonds is 2. The number of hydrogen-bond acceptors (Lipinski definition) is 1. The van der Waals surface area contributed by atoms with Gasteiger partial charge in [0.2, 0.25) is 0 Å². The summed E-state index contributed by atoms with van der Waals surface area (Å²) < 4.78 is 1.92. The summed E-state index contributed by atoms with van der Waals surface area (Å²) in [5, 5.41) is 10.2. The second-order valence-corrected chi connectivity index (χ2v) is 13.7. The van der Waals surface area contributed by atoms with Gasteiger partial charge in [0.05, 0.1) is 5.52 Å². The Balaban J connectivity index is 1.21. The van der Waals surface area contributed by atoms with E-state index in [0.717, 1.165) is 32.9 Å². The molecule has 8 aromatic carbocycles. The molecule has 0 bridgehead atoms. The predicted octanol–water partition coefficient (Wildman–Crippen LogP) is 11.6. The molecule has 9 aromatic rings. The second-order valence-electron chi connectivity index (χ2n) is 13.7. The van der Waals surface area contributed by atoms with Gasteiger partial charge in [-0.1, -0.05) is 123 Å². The zero-order valence-electron chi connectivity index (χ0n) is 26.8.